The van der Waals surface area contributed by atoms with Crippen molar-refractivity contribution in [3.05, 3.63) is 17.0 Å². The Morgan fingerprint density at radius 3 is 2.71 bits per heavy atom. The molecule has 2 atom stereocenters. The monoisotopic (exact) mass is 330 g/mol. The van der Waals surface area contributed by atoms with Crippen LogP contribution in [0.15, 0.2) is 16.3 Å². The number of piperidine rings is 1. The van der Waals surface area contributed by atoms with Gasteiger partial charge in [-0.2, -0.15) is 4.31 Å². The molecule has 1 aliphatic heterocycles. The van der Waals surface area contributed by atoms with Gasteiger partial charge in [-0.15, -0.1) is 11.3 Å². The van der Waals surface area contributed by atoms with Crippen molar-refractivity contribution >= 4 is 21.4 Å². The van der Waals surface area contributed by atoms with Crippen LogP contribution in [0, 0.1) is 5.92 Å². The maximum Gasteiger partial charge on any atom is 0.252 e. The summed E-state index contributed by atoms with van der Waals surface area (Å²) in [6.45, 7) is 9.67. The number of nitrogens with one attached hydrogen (secondary N) is 1. The summed E-state index contributed by atoms with van der Waals surface area (Å²) < 4.78 is 27.8. The Balaban J connectivity index is 2.15. The van der Waals surface area contributed by atoms with Crippen molar-refractivity contribution in [2.75, 3.05) is 6.54 Å². The smallest absolute Gasteiger partial charge is 0.252 e. The predicted molar refractivity (Wildman–Crippen MR) is 88.0 cm³/mol. The van der Waals surface area contributed by atoms with Gasteiger partial charge in [-0.1, -0.05) is 20.8 Å². The zero-order chi connectivity index (χ0) is 15.6. The fraction of sp³-hybridized carbons (Fsp3) is 0.733. The maximum atomic E-state index is 12.8. The van der Waals surface area contributed by atoms with Crippen molar-refractivity contribution in [1.82, 2.24) is 9.62 Å². The second-order valence-electron chi connectivity index (χ2n) is 6.36. The summed E-state index contributed by atoms with van der Waals surface area (Å²) in [4.78, 5) is 1.07. The Bertz CT molecular complexity index is 566. The van der Waals surface area contributed by atoms with Crippen LogP contribution in [0.3, 0.4) is 0 Å². The molecule has 0 radical (unpaired) electrons. The van der Waals surface area contributed by atoms with Gasteiger partial charge in [-0.3, -0.25) is 0 Å². The molecule has 1 N–H and O–H groups in total. The minimum absolute atomic E-state index is 0.102. The third kappa shape index (κ3) is 4.06. The van der Waals surface area contributed by atoms with E-state index in [9.17, 15) is 8.42 Å². The van der Waals surface area contributed by atoms with Gasteiger partial charge in [0.05, 0.1) is 0 Å². The average Bonchev–Trinajstić information content (AvgIpc) is 2.88. The van der Waals surface area contributed by atoms with Gasteiger partial charge >= 0.3 is 0 Å². The number of rotatable bonds is 5. The van der Waals surface area contributed by atoms with Gasteiger partial charge in [0, 0.05) is 30.1 Å². The van der Waals surface area contributed by atoms with Crippen LogP contribution >= 0.6 is 11.3 Å². The molecule has 2 rings (SSSR count). The zero-order valence-electron chi connectivity index (χ0n) is 13.3. The van der Waals surface area contributed by atoms with Crippen molar-refractivity contribution < 1.29 is 8.42 Å². The number of thiophene rings is 1. The second kappa shape index (κ2) is 6.77. The van der Waals surface area contributed by atoms with Crippen LogP contribution in [0.4, 0.5) is 0 Å². The number of nitrogens with zero attached hydrogens (tertiary/aromatic N) is 1. The highest BCUT2D eigenvalue weighted by molar-refractivity contribution is 7.91. The molecule has 21 heavy (non-hydrogen) atoms. The first kappa shape index (κ1) is 16.9. The van der Waals surface area contributed by atoms with E-state index in [4.69, 9.17) is 0 Å². The van der Waals surface area contributed by atoms with Crippen molar-refractivity contribution in [2.24, 2.45) is 5.92 Å². The maximum absolute atomic E-state index is 12.8. The van der Waals surface area contributed by atoms with Gasteiger partial charge in [0.2, 0.25) is 0 Å². The van der Waals surface area contributed by atoms with E-state index in [1.165, 1.54) is 11.3 Å². The molecule has 2 heterocycles. The van der Waals surface area contributed by atoms with E-state index < -0.39 is 10.0 Å². The molecule has 6 heteroatoms. The lowest BCUT2D eigenvalue weighted by molar-refractivity contribution is 0.218. The highest BCUT2D eigenvalue weighted by Crippen LogP contribution is 2.31. The Hall–Kier alpha value is -0.430. The molecule has 0 aromatic carbocycles. The summed E-state index contributed by atoms with van der Waals surface area (Å²) in [6.07, 6.45) is 2.06. The van der Waals surface area contributed by atoms with Crippen LogP contribution in [0.5, 0.6) is 0 Å². The van der Waals surface area contributed by atoms with Gasteiger partial charge in [0.25, 0.3) is 10.0 Å². The van der Waals surface area contributed by atoms with Gasteiger partial charge < -0.3 is 5.32 Å². The summed E-state index contributed by atoms with van der Waals surface area (Å²) in [5.41, 5.74) is 0. The van der Waals surface area contributed by atoms with E-state index in [-0.39, 0.29) is 6.04 Å². The number of sulfonamides is 1. The topological polar surface area (TPSA) is 49.4 Å². The van der Waals surface area contributed by atoms with Crippen LogP contribution in [-0.2, 0) is 16.6 Å². The first-order valence-corrected chi connectivity index (χ1v) is 9.90. The predicted octanol–water partition coefficient (Wildman–Crippen LogP) is 3.06. The Morgan fingerprint density at radius 2 is 2.05 bits per heavy atom. The van der Waals surface area contributed by atoms with E-state index in [0.29, 0.717) is 22.7 Å². The Kier molecular flexibility index (Phi) is 5.46. The normalized spacial score (nSPS) is 24.6. The van der Waals surface area contributed by atoms with Crippen LogP contribution in [0.2, 0.25) is 0 Å². The third-order valence-electron chi connectivity index (χ3n) is 3.94. The van der Waals surface area contributed by atoms with Crippen LogP contribution in [0.1, 0.15) is 45.4 Å². The van der Waals surface area contributed by atoms with Gasteiger partial charge in [-0.25, -0.2) is 8.42 Å². The Labute approximate surface area is 132 Å². The molecule has 0 aliphatic carbocycles. The van der Waals surface area contributed by atoms with E-state index in [1.807, 2.05) is 13.0 Å². The first-order chi connectivity index (χ1) is 9.80. The summed E-state index contributed by atoms with van der Waals surface area (Å²) in [6, 6.07) is 4.18. The van der Waals surface area contributed by atoms with Crippen molar-refractivity contribution in [3.63, 3.8) is 0 Å². The van der Waals surface area contributed by atoms with Gasteiger partial charge in [-0.05, 0) is 37.8 Å². The molecular formula is C15H26N2O2S2. The first-order valence-electron chi connectivity index (χ1n) is 7.64. The highest BCUT2D eigenvalue weighted by Gasteiger charge is 2.34. The van der Waals surface area contributed by atoms with E-state index in [1.54, 1.807) is 10.4 Å². The molecule has 4 nitrogen and oxygen atoms in total. The molecule has 1 aliphatic rings. The van der Waals surface area contributed by atoms with Crippen LogP contribution < -0.4 is 5.32 Å². The molecular weight excluding hydrogens is 304 g/mol. The van der Waals surface area contributed by atoms with Crippen molar-refractivity contribution in [3.8, 4) is 0 Å². The molecule has 0 saturated carbocycles. The zero-order valence-corrected chi connectivity index (χ0v) is 14.9. The molecule has 1 fully saturated rings. The molecule has 0 spiro atoms. The Morgan fingerprint density at radius 1 is 1.33 bits per heavy atom. The van der Waals surface area contributed by atoms with Crippen LogP contribution in [-0.4, -0.2) is 31.4 Å². The lowest BCUT2D eigenvalue weighted by atomic mass is 9.97. The average molecular weight is 331 g/mol. The fourth-order valence-electron chi connectivity index (χ4n) is 2.60. The minimum atomic E-state index is -3.34. The van der Waals surface area contributed by atoms with E-state index in [0.717, 1.165) is 24.3 Å². The van der Waals surface area contributed by atoms with Crippen molar-refractivity contribution in [2.45, 2.75) is 63.4 Å². The molecule has 2 unspecified atom stereocenters. The SMILES string of the molecule is CC1CCC(C)N(S(=O)(=O)c2ccc(CNC(C)C)s2)C1. The molecule has 0 amide bonds. The van der Waals surface area contributed by atoms with Gasteiger partial charge in [0.1, 0.15) is 4.21 Å². The largest absolute Gasteiger partial charge is 0.310 e. The summed E-state index contributed by atoms with van der Waals surface area (Å²) in [5.74, 6) is 0.443. The minimum Gasteiger partial charge on any atom is -0.310 e. The van der Waals surface area contributed by atoms with E-state index in [2.05, 4.69) is 26.1 Å². The molecule has 120 valence electrons. The standard InChI is InChI=1S/C15H26N2O2S2/c1-11(2)16-9-14-7-8-15(20-14)21(18,19)17-10-12(3)5-6-13(17)4/h7-8,11-13,16H,5-6,9-10H2,1-4H3. The number of hydrogen-bond donors (Lipinski definition) is 1. The second-order valence-corrected chi connectivity index (χ2v) is 9.65. The highest BCUT2D eigenvalue weighted by atomic mass is 32.2. The molecule has 1 aromatic rings. The fourth-order valence-corrected chi connectivity index (χ4v) is 5.81. The van der Waals surface area contributed by atoms with Crippen LogP contribution in [0.25, 0.3) is 0 Å². The van der Waals surface area contributed by atoms with E-state index >= 15 is 0 Å². The quantitative estimate of drug-likeness (QED) is 0.903. The third-order valence-corrected chi connectivity index (χ3v) is 7.48. The summed E-state index contributed by atoms with van der Waals surface area (Å²) in [5, 5.41) is 3.32. The van der Waals surface area contributed by atoms with Crippen molar-refractivity contribution in [1.29, 1.82) is 0 Å². The molecule has 0 bridgehead atoms. The molecule has 1 saturated heterocycles. The summed E-state index contributed by atoms with van der Waals surface area (Å²) >= 11 is 1.39. The number of hydrogen-bond acceptors (Lipinski definition) is 4. The molecule has 1 aromatic heterocycles. The summed E-state index contributed by atoms with van der Waals surface area (Å²) in [7, 11) is -3.34. The lowest BCUT2D eigenvalue weighted by Gasteiger charge is -2.35. The lowest BCUT2D eigenvalue weighted by Crippen LogP contribution is -2.44. The van der Waals surface area contributed by atoms with Gasteiger partial charge in [0.15, 0.2) is 0 Å².